The molecule has 0 bridgehead atoms. The van der Waals surface area contributed by atoms with Crippen LogP contribution in [0.25, 0.3) is 0 Å². The van der Waals surface area contributed by atoms with Gasteiger partial charge in [0.05, 0.1) is 13.2 Å². The van der Waals surface area contributed by atoms with E-state index in [1.165, 1.54) is 18.4 Å². The Hall–Kier alpha value is -1.55. The number of benzene rings is 1. The summed E-state index contributed by atoms with van der Waals surface area (Å²) in [6.45, 7) is 3.62. The number of aryl methyl sites for hydroxylation is 1. The van der Waals surface area contributed by atoms with E-state index < -0.39 is 5.97 Å². The van der Waals surface area contributed by atoms with E-state index in [9.17, 15) is 4.79 Å². The average molecular weight is 291 g/mol. The second kappa shape index (κ2) is 8.03. The van der Waals surface area contributed by atoms with Gasteiger partial charge in [0.15, 0.2) is 0 Å². The summed E-state index contributed by atoms with van der Waals surface area (Å²) < 4.78 is 5.73. The Morgan fingerprint density at radius 3 is 2.81 bits per heavy atom. The van der Waals surface area contributed by atoms with Crippen LogP contribution in [0.1, 0.15) is 37.7 Å². The molecule has 0 radical (unpaired) electrons. The van der Waals surface area contributed by atoms with Crippen LogP contribution in [-0.2, 0) is 4.79 Å². The first-order valence-electron chi connectivity index (χ1n) is 7.80. The molecule has 1 fully saturated rings. The molecule has 1 saturated carbocycles. The van der Waals surface area contributed by atoms with Gasteiger partial charge in [0.1, 0.15) is 5.75 Å². The molecule has 1 aliphatic carbocycles. The van der Waals surface area contributed by atoms with E-state index in [0.29, 0.717) is 12.6 Å². The lowest BCUT2D eigenvalue weighted by atomic mass is 10.2. The molecule has 0 atom stereocenters. The molecule has 21 heavy (non-hydrogen) atoms. The fraction of sp³-hybridized carbons (Fsp3) is 0.588. The molecular weight excluding hydrogens is 266 g/mol. The average Bonchev–Trinajstić information content (AvgIpc) is 2.96. The highest BCUT2D eigenvalue weighted by atomic mass is 16.5. The van der Waals surface area contributed by atoms with Gasteiger partial charge in [0, 0.05) is 12.6 Å². The molecule has 116 valence electrons. The number of aliphatic carboxylic acids is 1. The zero-order chi connectivity index (χ0) is 15.1. The molecule has 0 heterocycles. The summed E-state index contributed by atoms with van der Waals surface area (Å²) in [5, 5.41) is 9.04. The molecule has 1 N–H and O–H groups in total. The minimum atomic E-state index is -0.735. The van der Waals surface area contributed by atoms with Crippen LogP contribution in [0.15, 0.2) is 24.3 Å². The number of nitrogens with zero attached hydrogens (tertiary/aromatic N) is 1. The summed E-state index contributed by atoms with van der Waals surface area (Å²) >= 11 is 0. The third-order valence-corrected chi connectivity index (χ3v) is 4.03. The van der Waals surface area contributed by atoms with Gasteiger partial charge < -0.3 is 9.84 Å². The van der Waals surface area contributed by atoms with Crippen molar-refractivity contribution < 1.29 is 14.6 Å². The van der Waals surface area contributed by atoms with Crippen molar-refractivity contribution in [1.82, 2.24) is 4.90 Å². The summed E-state index contributed by atoms with van der Waals surface area (Å²) in [4.78, 5) is 13.1. The zero-order valence-corrected chi connectivity index (χ0v) is 12.8. The van der Waals surface area contributed by atoms with Crippen molar-refractivity contribution in [3.63, 3.8) is 0 Å². The number of hydrogen-bond acceptors (Lipinski definition) is 3. The first-order chi connectivity index (χ1) is 10.1. The van der Waals surface area contributed by atoms with Crippen molar-refractivity contribution in [3.8, 4) is 5.75 Å². The van der Waals surface area contributed by atoms with Gasteiger partial charge in [-0.25, -0.2) is 0 Å². The smallest absolute Gasteiger partial charge is 0.317 e. The van der Waals surface area contributed by atoms with Crippen molar-refractivity contribution in [2.24, 2.45) is 0 Å². The topological polar surface area (TPSA) is 49.8 Å². The molecule has 0 saturated heterocycles. The van der Waals surface area contributed by atoms with Gasteiger partial charge in [-0.3, -0.25) is 9.69 Å². The number of carboxylic acid groups (broad SMARTS) is 1. The van der Waals surface area contributed by atoms with Crippen LogP contribution in [0, 0.1) is 6.92 Å². The SMILES string of the molecule is Cc1cccc(OCCCN(CC(=O)O)C2CCCC2)c1. The molecule has 0 aliphatic heterocycles. The molecule has 1 aromatic carbocycles. The normalized spacial score (nSPS) is 15.5. The third kappa shape index (κ3) is 5.38. The highest BCUT2D eigenvalue weighted by Crippen LogP contribution is 2.23. The summed E-state index contributed by atoms with van der Waals surface area (Å²) in [5.41, 5.74) is 1.19. The van der Waals surface area contributed by atoms with Crippen molar-refractivity contribution in [2.75, 3.05) is 19.7 Å². The van der Waals surface area contributed by atoms with E-state index in [1.54, 1.807) is 0 Å². The van der Waals surface area contributed by atoms with Crippen molar-refractivity contribution >= 4 is 5.97 Å². The summed E-state index contributed by atoms with van der Waals surface area (Å²) in [7, 11) is 0. The summed E-state index contributed by atoms with van der Waals surface area (Å²) in [5.74, 6) is 0.155. The lowest BCUT2D eigenvalue weighted by Crippen LogP contribution is -2.38. The van der Waals surface area contributed by atoms with Gasteiger partial charge in [0.25, 0.3) is 0 Å². The van der Waals surface area contributed by atoms with E-state index in [0.717, 1.165) is 31.6 Å². The van der Waals surface area contributed by atoms with Gasteiger partial charge in [-0.2, -0.15) is 0 Å². The number of carboxylic acids is 1. The molecule has 0 spiro atoms. The fourth-order valence-corrected chi connectivity index (χ4v) is 3.00. The van der Waals surface area contributed by atoms with E-state index >= 15 is 0 Å². The Morgan fingerprint density at radius 1 is 1.38 bits per heavy atom. The standard InChI is InChI=1S/C17H25NO3/c1-14-6-4-9-16(12-14)21-11-5-10-18(13-17(19)20)15-7-2-3-8-15/h4,6,9,12,15H,2-3,5,7-8,10-11,13H2,1H3,(H,19,20). The summed E-state index contributed by atoms with van der Waals surface area (Å²) in [6.07, 6.45) is 5.57. The number of ether oxygens (including phenoxy) is 1. The maximum atomic E-state index is 11.0. The molecule has 0 unspecified atom stereocenters. The van der Waals surface area contributed by atoms with Crippen molar-refractivity contribution in [3.05, 3.63) is 29.8 Å². The minimum absolute atomic E-state index is 0.148. The molecule has 1 aliphatic rings. The lowest BCUT2D eigenvalue weighted by molar-refractivity contribution is -0.139. The second-order valence-corrected chi connectivity index (χ2v) is 5.82. The Bertz CT molecular complexity index is 455. The predicted octanol–water partition coefficient (Wildman–Crippen LogP) is 3.09. The van der Waals surface area contributed by atoms with Gasteiger partial charge >= 0.3 is 5.97 Å². The Balaban J connectivity index is 1.74. The fourth-order valence-electron chi connectivity index (χ4n) is 3.00. The molecule has 0 aromatic heterocycles. The first kappa shape index (κ1) is 15.8. The molecule has 4 nitrogen and oxygen atoms in total. The van der Waals surface area contributed by atoms with Crippen LogP contribution in [-0.4, -0.2) is 41.7 Å². The van der Waals surface area contributed by atoms with E-state index in [2.05, 4.69) is 4.90 Å². The van der Waals surface area contributed by atoms with Crippen LogP contribution in [0.2, 0.25) is 0 Å². The first-order valence-corrected chi connectivity index (χ1v) is 7.80. The second-order valence-electron chi connectivity index (χ2n) is 5.82. The largest absolute Gasteiger partial charge is 0.494 e. The highest BCUT2D eigenvalue weighted by molar-refractivity contribution is 5.69. The van der Waals surface area contributed by atoms with E-state index in [4.69, 9.17) is 9.84 Å². The molecule has 2 rings (SSSR count). The van der Waals surface area contributed by atoms with E-state index in [1.807, 2.05) is 31.2 Å². The maximum Gasteiger partial charge on any atom is 0.317 e. The Kier molecular flexibility index (Phi) is 6.05. The van der Waals surface area contributed by atoms with Crippen LogP contribution >= 0.6 is 0 Å². The predicted molar refractivity (Wildman–Crippen MR) is 82.8 cm³/mol. The number of hydrogen-bond donors (Lipinski definition) is 1. The highest BCUT2D eigenvalue weighted by Gasteiger charge is 2.23. The van der Waals surface area contributed by atoms with Crippen molar-refractivity contribution in [2.45, 2.75) is 45.1 Å². The monoisotopic (exact) mass is 291 g/mol. The van der Waals surface area contributed by atoms with Crippen LogP contribution in [0.3, 0.4) is 0 Å². The zero-order valence-electron chi connectivity index (χ0n) is 12.8. The van der Waals surface area contributed by atoms with Crippen LogP contribution in [0.4, 0.5) is 0 Å². The van der Waals surface area contributed by atoms with Gasteiger partial charge in [-0.1, -0.05) is 25.0 Å². The molecule has 1 aromatic rings. The molecular formula is C17H25NO3. The van der Waals surface area contributed by atoms with Gasteiger partial charge in [0.2, 0.25) is 0 Å². The number of carbonyl (C=O) groups is 1. The van der Waals surface area contributed by atoms with Crippen molar-refractivity contribution in [1.29, 1.82) is 0 Å². The Morgan fingerprint density at radius 2 is 2.14 bits per heavy atom. The lowest BCUT2D eigenvalue weighted by Gasteiger charge is -2.27. The maximum absolute atomic E-state index is 11.0. The molecule has 4 heteroatoms. The van der Waals surface area contributed by atoms with Crippen LogP contribution in [0.5, 0.6) is 5.75 Å². The van der Waals surface area contributed by atoms with Gasteiger partial charge in [-0.05, 0) is 43.9 Å². The quantitative estimate of drug-likeness (QED) is 0.748. The molecule has 0 amide bonds. The third-order valence-electron chi connectivity index (χ3n) is 4.03. The van der Waals surface area contributed by atoms with E-state index in [-0.39, 0.29) is 6.54 Å². The summed E-state index contributed by atoms with van der Waals surface area (Å²) in [6, 6.07) is 8.45. The number of rotatable bonds is 8. The van der Waals surface area contributed by atoms with Crippen LogP contribution < -0.4 is 4.74 Å². The van der Waals surface area contributed by atoms with Gasteiger partial charge in [-0.15, -0.1) is 0 Å². The minimum Gasteiger partial charge on any atom is -0.494 e. The Labute approximate surface area is 126 Å².